The third-order valence-corrected chi connectivity index (χ3v) is 6.01. The van der Waals surface area contributed by atoms with Gasteiger partial charge in [-0.3, -0.25) is 4.98 Å². The van der Waals surface area contributed by atoms with Gasteiger partial charge in [-0.05, 0) is 56.9 Å². The van der Waals surface area contributed by atoms with Gasteiger partial charge < -0.3 is 4.74 Å². The summed E-state index contributed by atoms with van der Waals surface area (Å²) in [5, 5.41) is 4.73. The fourth-order valence-corrected chi connectivity index (χ4v) is 4.55. The van der Waals surface area contributed by atoms with Crippen molar-refractivity contribution in [2.24, 2.45) is 0 Å². The molecule has 0 spiro atoms. The number of aromatic nitrogens is 2. The van der Waals surface area contributed by atoms with Crippen LogP contribution >= 0.6 is 0 Å². The lowest BCUT2D eigenvalue weighted by Crippen LogP contribution is -1.94. The number of fused-ring (bicyclic) bond motifs is 3. The molecule has 0 saturated heterocycles. The molecule has 5 aromatic carbocycles. The molecule has 0 amide bonds. The topological polar surface area (TPSA) is 35.0 Å². The molecule has 0 fully saturated rings. The van der Waals surface area contributed by atoms with Gasteiger partial charge in [0.1, 0.15) is 5.75 Å². The predicted octanol–water partition coefficient (Wildman–Crippen LogP) is 7.28. The molecular weight excluding hydrogens is 392 g/mol. The Kier molecular flexibility index (Phi) is 4.32. The Morgan fingerprint density at radius 1 is 0.562 bits per heavy atom. The molecular formula is C29H20N2O. The van der Waals surface area contributed by atoms with E-state index in [1.807, 2.05) is 42.6 Å². The van der Waals surface area contributed by atoms with E-state index in [-0.39, 0.29) is 0 Å². The van der Waals surface area contributed by atoms with Crippen molar-refractivity contribution in [3.63, 3.8) is 0 Å². The van der Waals surface area contributed by atoms with Crippen molar-refractivity contribution >= 4 is 32.6 Å². The Morgan fingerprint density at radius 2 is 1.09 bits per heavy atom. The number of nitrogens with zero attached hydrogens (tertiary/aromatic N) is 2. The van der Waals surface area contributed by atoms with Crippen LogP contribution in [0.3, 0.4) is 0 Å². The summed E-state index contributed by atoms with van der Waals surface area (Å²) in [6.45, 7) is 0. The van der Waals surface area contributed by atoms with Crippen LogP contribution in [0.4, 0.5) is 0 Å². The number of rotatable bonds is 3. The molecule has 1 heterocycles. The largest absolute Gasteiger partial charge is 0.497 e. The van der Waals surface area contributed by atoms with E-state index in [0.29, 0.717) is 0 Å². The molecule has 1 aromatic heterocycles. The lowest BCUT2D eigenvalue weighted by atomic mass is 9.87. The lowest BCUT2D eigenvalue weighted by Gasteiger charge is -2.17. The Balaban J connectivity index is 1.73. The lowest BCUT2D eigenvalue weighted by molar-refractivity contribution is 0.415. The Bertz CT molecular complexity index is 1550. The van der Waals surface area contributed by atoms with Gasteiger partial charge in [-0.2, -0.15) is 0 Å². The molecule has 0 bridgehead atoms. The molecule has 3 nitrogen and oxygen atoms in total. The minimum atomic E-state index is 0.852. The number of hydrogen-bond acceptors (Lipinski definition) is 3. The first-order valence-corrected chi connectivity index (χ1v) is 10.6. The smallest absolute Gasteiger partial charge is 0.118 e. The van der Waals surface area contributed by atoms with Crippen molar-refractivity contribution in [3.05, 3.63) is 103 Å². The average Bonchev–Trinajstić information content (AvgIpc) is 2.87. The Labute approximate surface area is 186 Å². The Hall–Kier alpha value is -4.24. The fraction of sp³-hybridized carbons (Fsp3) is 0.0345. The second-order valence-electron chi connectivity index (χ2n) is 7.81. The third kappa shape index (κ3) is 2.90. The molecule has 6 rings (SSSR count). The summed E-state index contributed by atoms with van der Waals surface area (Å²) in [5.74, 6) is 0.852. The van der Waals surface area contributed by atoms with E-state index >= 15 is 0 Å². The van der Waals surface area contributed by atoms with Crippen molar-refractivity contribution in [2.45, 2.75) is 0 Å². The number of para-hydroxylation sites is 2. The molecule has 0 radical (unpaired) electrons. The monoisotopic (exact) mass is 412 g/mol. The Morgan fingerprint density at radius 3 is 1.69 bits per heavy atom. The normalized spacial score (nSPS) is 11.3. The van der Waals surface area contributed by atoms with Crippen molar-refractivity contribution in [2.75, 3.05) is 7.11 Å². The van der Waals surface area contributed by atoms with E-state index in [1.54, 1.807) is 7.11 Å². The van der Waals surface area contributed by atoms with E-state index in [9.17, 15) is 0 Å². The van der Waals surface area contributed by atoms with Crippen molar-refractivity contribution in [1.29, 1.82) is 0 Å². The van der Waals surface area contributed by atoms with Gasteiger partial charge in [0.05, 0.1) is 30.0 Å². The maximum Gasteiger partial charge on any atom is 0.118 e. The second kappa shape index (κ2) is 7.47. The molecule has 0 aliphatic heterocycles. The highest BCUT2D eigenvalue weighted by Crippen LogP contribution is 2.43. The van der Waals surface area contributed by atoms with Gasteiger partial charge in [-0.1, -0.05) is 72.8 Å². The second-order valence-corrected chi connectivity index (χ2v) is 7.81. The summed E-state index contributed by atoms with van der Waals surface area (Å²) in [6, 6.07) is 33.4. The maximum absolute atomic E-state index is 5.38. The zero-order chi connectivity index (χ0) is 21.5. The van der Waals surface area contributed by atoms with Crippen LogP contribution in [0.2, 0.25) is 0 Å². The van der Waals surface area contributed by atoms with Crippen LogP contribution in [-0.2, 0) is 0 Å². The van der Waals surface area contributed by atoms with E-state index < -0.39 is 0 Å². The molecule has 0 N–H and O–H groups in total. The van der Waals surface area contributed by atoms with Gasteiger partial charge in [-0.15, -0.1) is 0 Å². The highest BCUT2D eigenvalue weighted by atomic mass is 16.5. The molecule has 0 saturated carbocycles. The number of methoxy groups -OCH3 is 1. The summed E-state index contributed by atoms with van der Waals surface area (Å²) in [6.07, 6.45) is 1.89. The predicted molar refractivity (Wildman–Crippen MR) is 132 cm³/mol. The molecule has 6 aromatic rings. The summed E-state index contributed by atoms with van der Waals surface area (Å²) in [4.78, 5) is 9.69. The van der Waals surface area contributed by atoms with Crippen LogP contribution in [-0.4, -0.2) is 17.1 Å². The summed E-state index contributed by atoms with van der Waals surface area (Å²) in [5.41, 5.74) is 6.19. The number of benzene rings is 5. The number of hydrogen-bond donors (Lipinski definition) is 0. The zero-order valence-electron chi connectivity index (χ0n) is 17.6. The van der Waals surface area contributed by atoms with Crippen LogP contribution in [0.25, 0.3) is 55.0 Å². The van der Waals surface area contributed by atoms with E-state index in [2.05, 4.69) is 60.7 Å². The van der Waals surface area contributed by atoms with E-state index in [1.165, 1.54) is 27.1 Å². The first kappa shape index (κ1) is 18.5. The van der Waals surface area contributed by atoms with Crippen molar-refractivity contribution < 1.29 is 4.74 Å². The summed E-state index contributed by atoms with van der Waals surface area (Å²) in [7, 11) is 1.69. The minimum Gasteiger partial charge on any atom is -0.497 e. The van der Waals surface area contributed by atoms with Gasteiger partial charge in [0.15, 0.2) is 0 Å². The molecule has 0 aliphatic carbocycles. The fourth-order valence-electron chi connectivity index (χ4n) is 4.55. The SMILES string of the molecule is COc1ccc(-c2c3ccccc3c(-c3cnc4ccccc4n3)c3ccccc23)cc1. The average molecular weight is 412 g/mol. The van der Waals surface area contributed by atoms with Crippen LogP contribution < -0.4 is 4.74 Å². The molecule has 0 atom stereocenters. The van der Waals surface area contributed by atoms with Crippen molar-refractivity contribution in [1.82, 2.24) is 9.97 Å². The highest BCUT2D eigenvalue weighted by Gasteiger charge is 2.17. The highest BCUT2D eigenvalue weighted by molar-refractivity contribution is 6.21. The maximum atomic E-state index is 5.38. The van der Waals surface area contributed by atoms with Crippen molar-refractivity contribution in [3.8, 4) is 28.1 Å². The molecule has 152 valence electrons. The van der Waals surface area contributed by atoms with Crippen LogP contribution in [0.15, 0.2) is 103 Å². The summed E-state index contributed by atoms with van der Waals surface area (Å²) < 4.78 is 5.38. The van der Waals surface area contributed by atoms with Gasteiger partial charge in [-0.25, -0.2) is 4.98 Å². The zero-order valence-corrected chi connectivity index (χ0v) is 17.6. The number of ether oxygens (including phenoxy) is 1. The molecule has 32 heavy (non-hydrogen) atoms. The summed E-state index contributed by atoms with van der Waals surface area (Å²) >= 11 is 0. The first-order valence-electron chi connectivity index (χ1n) is 10.6. The van der Waals surface area contributed by atoms with Crippen LogP contribution in [0, 0.1) is 0 Å². The van der Waals surface area contributed by atoms with Crippen LogP contribution in [0.5, 0.6) is 5.75 Å². The first-order chi connectivity index (χ1) is 15.8. The third-order valence-electron chi connectivity index (χ3n) is 6.01. The van der Waals surface area contributed by atoms with E-state index in [0.717, 1.165) is 33.6 Å². The molecule has 0 unspecified atom stereocenters. The van der Waals surface area contributed by atoms with Gasteiger partial charge in [0.2, 0.25) is 0 Å². The molecule has 0 aliphatic rings. The van der Waals surface area contributed by atoms with Crippen LogP contribution in [0.1, 0.15) is 0 Å². The minimum absolute atomic E-state index is 0.852. The quantitative estimate of drug-likeness (QED) is 0.287. The molecule has 3 heteroatoms. The van der Waals surface area contributed by atoms with E-state index in [4.69, 9.17) is 14.7 Å². The van der Waals surface area contributed by atoms with Gasteiger partial charge in [0.25, 0.3) is 0 Å². The van der Waals surface area contributed by atoms with Gasteiger partial charge in [0, 0.05) is 5.56 Å². The standard InChI is InChI=1S/C29H20N2O/c1-32-20-16-14-19(15-17-20)28-21-8-2-4-10-23(21)29(24-11-5-3-9-22(24)28)27-18-30-25-12-6-7-13-26(25)31-27/h2-18H,1H3. The van der Waals surface area contributed by atoms with Gasteiger partial charge >= 0.3 is 0 Å².